The molecule has 0 aromatic rings. The van der Waals surface area contributed by atoms with Gasteiger partial charge in [0.1, 0.15) is 0 Å². The fourth-order valence-electron chi connectivity index (χ4n) is 2.94. The first-order valence-corrected chi connectivity index (χ1v) is 6.90. The van der Waals surface area contributed by atoms with Crippen molar-refractivity contribution in [3.8, 4) is 0 Å². The average molecular weight is 240 g/mol. The molecule has 0 bridgehead atoms. The Kier molecular flexibility index (Phi) is 6.78. The lowest BCUT2D eigenvalue weighted by atomic mass is 9.80. The number of rotatable bonds is 7. The number of aliphatic hydroxyl groups excluding tert-OH is 1. The third kappa shape index (κ3) is 4.78. The van der Waals surface area contributed by atoms with Crippen LogP contribution in [0.25, 0.3) is 0 Å². The second-order valence-electron chi connectivity index (χ2n) is 5.37. The van der Waals surface area contributed by atoms with Crippen LogP contribution >= 0.6 is 0 Å². The van der Waals surface area contributed by atoms with Crippen LogP contribution in [0.3, 0.4) is 0 Å². The van der Waals surface area contributed by atoms with Crippen molar-refractivity contribution in [1.82, 2.24) is 4.90 Å². The van der Waals surface area contributed by atoms with Crippen molar-refractivity contribution in [3.05, 3.63) is 12.7 Å². The van der Waals surface area contributed by atoms with Crippen molar-refractivity contribution in [3.63, 3.8) is 0 Å². The molecule has 1 aliphatic rings. The van der Waals surface area contributed by atoms with Crippen molar-refractivity contribution in [2.24, 2.45) is 11.1 Å². The Balaban J connectivity index is 2.59. The van der Waals surface area contributed by atoms with Gasteiger partial charge in [-0.15, -0.1) is 6.58 Å². The van der Waals surface area contributed by atoms with Gasteiger partial charge < -0.3 is 10.8 Å². The van der Waals surface area contributed by atoms with Crippen LogP contribution in [-0.2, 0) is 0 Å². The van der Waals surface area contributed by atoms with Crippen molar-refractivity contribution in [2.75, 3.05) is 32.8 Å². The summed E-state index contributed by atoms with van der Waals surface area (Å²) in [5.41, 5.74) is 6.31. The quantitative estimate of drug-likeness (QED) is 0.527. The van der Waals surface area contributed by atoms with E-state index in [-0.39, 0.29) is 12.0 Å². The van der Waals surface area contributed by atoms with Crippen LogP contribution in [0.4, 0.5) is 0 Å². The molecule has 0 radical (unpaired) electrons. The Labute approximate surface area is 106 Å². The van der Waals surface area contributed by atoms with Crippen LogP contribution in [0.5, 0.6) is 0 Å². The summed E-state index contributed by atoms with van der Waals surface area (Å²) < 4.78 is 0. The second kappa shape index (κ2) is 7.85. The van der Waals surface area contributed by atoms with Gasteiger partial charge >= 0.3 is 0 Å². The summed E-state index contributed by atoms with van der Waals surface area (Å²) in [7, 11) is 0. The summed E-state index contributed by atoms with van der Waals surface area (Å²) in [6, 6.07) is 0. The van der Waals surface area contributed by atoms with E-state index >= 15 is 0 Å². The minimum atomic E-state index is 0.217. The first-order valence-electron chi connectivity index (χ1n) is 6.90. The Hall–Kier alpha value is -0.380. The Morgan fingerprint density at radius 2 is 1.88 bits per heavy atom. The van der Waals surface area contributed by atoms with E-state index in [0.717, 1.165) is 26.2 Å². The highest BCUT2D eigenvalue weighted by molar-refractivity contribution is 4.87. The van der Waals surface area contributed by atoms with E-state index in [1.54, 1.807) is 0 Å². The number of nitrogens with two attached hydrogens (primary N) is 1. The highest BCUT2D eigenvalue weighted by Gasteiger charge is 2.31. The van der Waals surface area contributed by atoms with Gasteiger partial charge in [0.2, 0.25) is 0 Å². The number of nitrogens with zero attached hydrogens (tertiary/aromatic N) is 1. The molecule has 1 aliphatic carbocycles. The largest absolute Gasteiger partial charge is 0.395 e. The van der Waals surface area contributed by atoms with E-state index in [1.165, 1.54) is 38.5 Å². The monoisotopic (exact) mass is 240 g/mol. The van der Waals surface area contributed by atoms with Crippen molar-refractivity contribution < 1.29 is 5.11 Å². The smallest absolute Gasteiger partial charge is 0.0558 e. The molecule has 3 heteroatoms. The van der Waals surface area contributed by atoms with E-state index in [9.17, 15) is 0 Å². The predicted octanol–water partition coefficient (Wildman–Crippen LogP) is 1.77. The molecule has 1 rings (SSSR count). The third-order valence-electron chi connectivity index (χ3n) is 3.96. The SMILES string of the molecule is C=CCN(CCO)CC1(CN)CCCCCC1. The highest BCUT2D eigenvalue weighted by atomic mass is 16.3. The van der Waals surface area contributed by atoms with Gasteiger partial charge in [0.25, 0.3) is 0 Å². The number of hydrogen-bond acceptors (Lipinski definition) is 3. The molecule has 0 unspecified atom stereocenters. The van der Waals surface area contributed by atoms with Gasteiger partial charge in [-0.25, -0.2) is 0 Å². The molecule has 0 amide bonds. The number of hydrogen-bond donors (Lipinski definition) is 2. The summed E-state index contributed by atoms with van der Waals surface area (Å²) in [6.45, 7) is 7.36. The van der Waals surface area contributed by atoms with Crippen LogP contribution in [0.2, 0.25) is 0 Å². The van der Waals surface area contributed by atoms with Gasteiger partial charge in [-0.05, 0) is 24.8 Å². The van der Waals surface area contributed by atoms with Crippen LogP contribution in [0, 0.1) is 5.41 Å². The lowest BCUT2D eigenvalue weighted by Gasteiger charge is -2.36. The third-order valence-corrected chi connectivity index (χ3v) is 3.96. The van der Waals surface area contributed by atoms with E-state index in [2.05, 4.69) is 11.5 Å². The molecular weight excluding hydrogens is 212 g/mol. The molecule has 0 heterocycles. The minimum absolute atomic E-state index is 0.217. The van der Waals surface area contributed by atoms with E-state index in [1.807, 2.05) is 6.08 Å². The van der Waals surface area contributed by atoms with Gasteiger partial charge in [0.05, 0.1) is 6.61 Å². The molecule has 0 aromatic carbocycles. The molecule has 1 saturated carbocycles. The van der Waals surface area contributed by atoms with Crippen LogP contribution < -0.4 is 5.73 Å². The summed E-state index contributed by atoms with van der Waals surface area (Å²) in [5.74, 6) is 0. The molecule has 3 N–H and O–H groups in total. The van der Waals surface area contributed by atoms with Crippen LogP contribution in [0.15, 0.2) is 12.7 Å². The summed E-state index contributed by atoms with van der Waals surface area (Å²) in [5, 5.41) is 9.10. The van der Waals surface area contributed by atoms with Gasteiger partial charge in [0.15, 0.2) is 0 Å². The lowest BCUT2D eigenvalue weighted by Crippen LogP contribution is -2.43. The van der Waals surface area contributed by atoms with Crippen LogP contribution in [-0.4, -0.2) is 42.8 Å². The summed E-state index contributed by atoms with van der Waals surface area (Å²) in [4.78, 5) is 2.28. The van der Waals surface area contributed by atoms with Crippen molar-refractivity contribution in [1.29, 1.82) is 0 Å². The van der Waals surface area contributed by atoms with Gasteiger partial charge in [-0.1, -0.05) is 31.8 Å². The Morgan fingerprint density at radius 1 is 1.24 bits per heavy atom. The average Bonchev–Trinajstić information content (AvgIpc) is 2.56. The predicted molar refractivity (Wildman–Crippen MR) is 72.9 cm³/mol. The lowest BCUT2D eigenvalue weighted by molar-refractivity contribution is 0.124. The highest BCUT2D eigenvalue weighted by Crippen LogP contribution is 2.34. The Bertz CT molecular complexity index is 210. The molecule has 3 nitrogen and oxygen atoms in total. The first-order chi connectivity index (χ1) is 8.26. The molecule has 17 heavy (non-hydrogen) atoms. The normalized spacial score (nSPS) is 20.2. The molecule has 0 spiro atoms. The van der Waals surface area contributed by atoms with E-state index in [4.69, 9.17) is 10.8 Å². The minimum Gasteiger partial charge on any atom is -0.395 e. The second-order valence-corrected chi connectivity index (χ2v) is 5.37. The topological polar surface area (TPSA) is 49.5 Å². The zero-order chi connectivity index (χ0) is 12.6. The molecule has 0 atom stereocenters. The van der Waals surface area contributed by atoms with E-state index in [0.29, 0.717) is 0 Å². The summed E-state index contributed by atoms with van der Waals surface area (Å²) >= 11 is 0. The maximum absolute atomic E-state index is 9.10. The first kappa shape index (κ1) is 14.7. The maximum Gasteiger partial charge on any atom is 0.0558 e. The zero-order valence-corrected chi connectivity index (χ0v) is 11.0. The fraction of sp³-hybridized carbons (Fsp3) is 0.857. The molecule has 0 aliphatic heterocycles. The van der Waals surface area contributed by atoms with Crippen molar-refractivity contribution >= 4 is 0 Å². The van der Waals surface area contributed by atoms with E-state index < -0.39 is 0 Å². The van der Waals surface area contributed by atoms with Gasteiger partial charge in [-0.2, -0.15) is 0 Å². The fourth-order valence-corrected chi connectivity index (χ4v) is 2.94. The molecule has 100 valence electrons. The maximum atomic E-state index is 9.10. The van der Waals surface area contributed by atoms with Gasteiger partial charge in [-0.3, -0.25) is 4.90 Å². The summed E-state index contributed by atoms with van der Waals surface area (Å²) in [6.07, 6.45) is 9.70. The van der Waals surface area contributed by atoms with Crippen molar-refractivity contribution in [2.45, 2.75) is 38.5 Å². The molecular formula is C14H28N2O. The molecule has 1 fully saturated rings. The zero-order valence-electron chi connectivity index (χ0n) is 11.0. The molecule has 0 aromatic heterocycles. The standard InChI is InChI=1S/C14H28N2O/c1-2-9-16(10-11-17)13-14(12-15)7-5-3-4-6-8-14/h2,17H,1,3-13,15H2. The Morgan fingerprint density at radius 3 is 2.35 bits per heavy atom. The number of aliphatic hydroxyl groups is 1. The van der Waals surface area contributed by atoms with Gasteiger partial charge in [0, 0.05) is 19.6 Å². The van der Waals surface area contributed by atoms with Crippen LogP contribution in [0.1, 0.15) is 38.5 Å². The molecule has 0 saturated heterocycles.